The van der Waals surface area contributed by atoms with Crippen LogP contribution in [0.4, 0.5) is 4.39 Å². The highest BCUT2D eigenvalue weighted by Crippen LogP contribution is 2.84. The molecular formula is C19H20FNO. The molecule has 0 spiro atoms. The van der Waals surface area contributed by atoms with Crippen LogP contribution in [0, 0.1) is 59.1 Å². The van der Waals surface area contributed by atoms with E-state index in [9.17, 15) is 9.18 Å². The van der Waals surface area contributed by atoms with E-state index in [0.29, 0.717) is 5.92 Å². The van der Waals surface area contributed by atoms with Crippen molar-refractivity contribution in [3.8, 4) is 0 Å². The fourth-order valence-electron chi connectivity index (χ4n) is 8.04. The summed E-state index contributed by atoms with van der Waals surface area (Å²) in [7, 11) is 0. The van der Waals surface area contributed by atoms with Gasteiger partial charge in [-0.05, 0) is 78.2 Å². The summed E-state index contributed by atoms with van der Waals surface area (Å²) >= 11 is 0. The zero-order valence-corrected chi connectivity index (χ0v) is 12.4. The summed E-state index contributed by atoms with van der Waals surface area (Å²) in [5, 5.41) is 3.05. The number of hydrogen-bond acceptors (Lipinski definition) is 1. The first kappa shape index (κ1) is 12.1. The van der Waals surface area contributed by atoms with Crippen LogP contribution in [0.25, 0.3) is 0 Å². The summed E-state index contributed by atoms with van der Waals surface area (Å²) in [6, 6.07) is 6.28. The molecule has 6 fully saturated rings. The van der Waals surface area contributed by atoms with Crippen molar-refractivity contribution in [3.63, 3.8) is 0 Å². The van der Waals surface area contributed by atoms with Crippen LogP contribution in [0.5, 0.6) is 0 Å². The van der Waals surface area contributed by atoms with Crippen LogP contribution >= 0.6 is 0 Å². The predicted molar refractivity (Wildman–Crippen MR) is 79.4 cm³/mol. The number of benzene rings is 1. The Kier molecular flexibility index (Phi) is 2.06. The number of hydrogen-bond donors (Lipinski definition) is 1. The second kappa shape index (κ2) is 3.74. The van der Waals surface area contributed by atoms with Gasteiger partial charge in [0.1, 0.15) is 5.82 Å². The number of nitrogens with one attached hydrogen (secondary N) is 1. The van der Waals surface area contributed by atoms with Crippen LogP contribution in [0.3, 0.4) is 0 Å². The van der Waals surface area contributed by atoms with Gasteiger partial charge in [-0.25, -0.2) is 4.39 Å². The monoisotopic (exact) mass is 297 g/mol. The topological polar surface area (TPSA) is 29.1 Å². The average molecular weight is 297 g/mol. The Labute approximate surface area is 129 Å². The lowest BCUT2D eigenvalue weighted by Gasteiger charge is -2.33. The van der Waals surface area contributed by atoms with Gasteiger partial charge >= 0.3 is 0 Å². The Morgan fingerprint density at radius 2 is 1.64 bits per heavy atom. The molecule has 3 heteroatoms. The minimum atomic E-state index is -0.418. The Bertz CT molecular complexity index is 660. The van der Waals surface area contributed by atoms with Gasteiger partial charge in [-0.3, -0.25) is 4.79 Å². The van der Waals surface area contributed by atoms with Gasteiger partial charge < -0.3 is 5.32 Å². The van der Waals surface area contributed by atoms with Gasteiger partial charge in [-0.1, -0.05) is 12.1 Å². The molecule has 7 rings (SSSR count). The maximum Gasteiger partial charge on any atom is 0.254 e. The van der Waals surface area contributed by atoms with Crippen molar-refractivity contribution in [2.45, 2.75) is 12.8 Å². The summed E-state index contributed by atoms with van der Waals surface area (Å²) < 4.78 is 13.7. The van der Waals surface area contributed by atoms with E-state index in [1.165, 1.54) is 18.9 Å². The van der Waals surface area contributed by atoms with Crippen molar-refractivity contribution < 1.29 is 9.18 Å². The van der Waals surface area contributed by atoms with Gasteiger partial charge in [0.05, 0.1) is 5.56 Å². The highest BCUT2D eigenvalue weighted by atomic mass is 19.1. The fourth-order valence-corrected chi connectivity index (χ4v) is 8.04. The molecule has 0 heterocycles. The quantitative estimate of drug-likeness (QED) is 0.913. The van der Waals surface area contributed by atoms with Gasteiger partial charge in [-0.15, -0.1) is 0 Å². The molecule has 6 aliphatic carbocycles. The van der Waals surface area contributed by atoms with Crippen LogP contribution in [-0.2, 0) is 0 Å². The van der Waals surface area contributed by atoms with Crippen LogP contribution in [-0.4, -0.2) is 12.5 Å². The maximum atomic E-state index is 13.7. The molecule has 9 atom stereocenters. The molecule has 0 radical (unpaired) electrons. The zero-order valence-electron chi connectivity index (χ0n) is 12.4. The number of carbonyl (C=O) groups is 1. The molecule has 1 aromatic carbocycles. The highest BCUT2D eigenvalue weighted by Gasteiger charge is 2.79. The van der Waals surface area contributed by atoms with E-state index in [2.05, 4.69) is 5.32 Å². The number of halogens is 1. The molecule has 1 aromatic rings. The van der Waals surface area contributed by atoms with Gasteiger partial charge in [0.25, 0.3) is 5.91 Å². The number of amides is 1. The first-order valence-electron chi connectivity index (χ1n) is 8.78. The molecule has 0 aliphatic heterocycles. The van der Waals surface area contributed by atoms with Crippen LogP contribution in [0.2, 0.25) is 0 Å². The third kappa shape index (κ3) is 1.16. The Morgan fingerprint density at radius 3 is 2.27 bits per heavy atom. The highest BCUT2D eigenvalue weighted by molar-refractivity contribution is 5.94. The van der Waals surface area contributed by atoms with Crippen molar-refractivity contribution in [2.24, 2.45) is 53.3 Å². The van der Waals surface area contributed by atoms with E-state index in [0.717, 1.165) is 53.9 Å². The lowest BCUT2D eigenvalue weighted by Crippen LogP contribution is -2.32. The summed E-state index contributed by atoms with van der Waals surface area (Å²) in [5.74, 6) is 7.77. The van der Waals surface area contributed by atoms with Crippen molar-refractivity contribution in [1.82, 2.24) is 5.32 Å². The Morgan fingerprint density at radius 1 is 1.00 bits per heavy atom. The van der Waals surface area contributed by atoms with Gasteiger partial charge in [0.15, 0.2) is 0 Å². The van der Waals surface area contributed by atoms with Crippen molar-refractivity contribution in [3.05, 3.63) is 35.6 Å². The van der Waals surface area contributed by atoms with E-state index in [1.54, 1.807) is 18.2 Å². The lowest BCUT2D eigenvalue weighted by molar-refractivity contribution is 0.0938. The third-order valence-corrected chi connectivity index (χ3v) is 8.10. The predicted octanol–water partition coefficient (Wildman–Crippen LogP) is 2.95. The first-order valence-corrected chi connectivity index (χ1v) is 8.78. The van der Waals surface area contributed by atoms with E-state index >= 15 is 0 Å². The molecule has 8 unspecified atom stereocenters. The Hall–Kier alpha value is -1.38. The number of carbonyl (C=O) groups excluding carboxylic acids is 1. The molecule has 0 aromatic heterocycles. The van der Waals surface area contributed by atoms with E-state index in [-0.39, 0.29) is 11.5 Å². The smallest absolute Gasteiger partial charge is 0.254 e. The average Bonchev–Trinajstić information content (AvgIpc) is 3.23. The molecule has 6 bridgehead atoms. The molecule has 22 heavy (non-hydrogen) atoms. The number of rotatable bonds is 3. The van der Waals surface area contributed by atoms with Gasteiger partial charge in [0, 0.05) is 6.54 Å². The van der Waals surface area contributed by atoms with Crippen LogP contribution < -0.4 is 5.32 Å². The van der Waals surface area contributed by atoms with E-state index in [4.69, 9.17) is 0 Å². The van der Waals surface area contributed by atoms with E-state index in [1.807, 2.05) is 0 Å². The van der Waals surface area contributed by atoms with Crippen molar-refractivity contribution in [2.75, 3.05) is 6.54 Å². The lowest BCUT2D eigenvalue weighted by atomic mass is 9.71. The molecule has 6 saturated carbocycles. The Balaban J connectivity index is 1.22. The first-order chi connectivity index (χ1) is 10.8. The van der Waals surface area contributed by atoms with Gasteiger partial charge in [-0.2, -0.15) is 0 Å². The molecule has 0 saturated heterocycles. The van der Waals surface area contributed by atoms with Crippen molar-refractivity contribution in [1.29, 1.82) is 0 Å². The van der Waals surface area contributed by atoms with Crippen LogP contribution in [0.15, 0.2) is 24.3 Å². The van der Waals surface area contributed by atoms with Crippen LogP contribution in [0.1, 0.15) is 23.2 Å². The summed E-state index contributed by atoms with van der Waals surface area (Å²) in [6.07, 6.45) is 2.96. The molecule has 1 amide bonds. The normalized spacial score (nSPS) is 51.4. The largest absolute Gasteiger partial charge is 0.352 e. The summed E-state index contributed by atoms with van der Waals surface area (Å²) in [5.41, 5.74) is 0.185. The minimum absolute atomic E-state index is 0.185. The second-order valence-corrected chi connectivity index (χ2v) is 8.29. The SMILES string of the molecule is O=C(NCC1C2C3CC4C2C2C[C@H]4C3C12)c1ccccc1F. The summed E-state index contributed by atoms with van der Waals surface area (Å²) in [6.45, 7) is 0.766. The molecule has 114 valence electrons. The summed E-state index contributed by atoms with van der Waals surface area (Å²) in [4.78, 5) is 12.3. The molecular weight excluding hydrogens is 277 g/mol. The molecule has 1 N–H and O–H groups in total. The second-order valence-electron chi connectivity index (χ2n) is 8.29. The minimum Gasteiger partial charge on any atom is -0.352 e. The zero-order chi connectivity index (χ0) is 14.6. The van der Waals surface area contributed by atoms with Gasteiger partial charge in [0.2, 0.25) is 0 Å². The molecule has 2 nitrogen and oxygen atoms in total. The standard InChI is InChI=1S/C19H20FNO/c20-14-4-2-1-3-8(14)19(22)21-7-13-17-11-5-9-10-6-12(15(9)17)18(13)16(10)11/h1-4,9-13,15-18H,5-7H2,(H,21,22)/t9-,10?,11?,12?,13?,15?,16?,17?,18?/m1/s1. The van der Waals surface area contributed by atoms with E-state index < -0.39 is 5.82 Å². The fraction of sp³-hybridized carbons (Fsp3) is 0.632. The third-order valence-electron chi connectivity index (χ3n) is 8.10. The van der Waals surface area contributed by atoms with Crippen molar-refractivity contribution >= 4 is 5.91 Å². The molecule has 6 aliphatic rings. The maximum absolute atomic E-state index is 13.7.